The lowest BCUT2D eigenvalue weighted by atomic mass is 10.2. The Kier molecular flexibility index (Phi) is 4.90. The summed E-state index contributed by atoms with van der Waals surface area (Å²) in [6.45, 7) is 3.99. The highest BCUT2D eigenvalue weighted by Crippen LogP contribution is 2.26. The van der Waals surface area contributed by atoms with E-state index < -0.39 is 0 Å². The largest absolute Gasteiger partial charge is 0.335 e. The van der Waals surface area contributed by atoms with Crippen LogP contribution < -0.4 is 10.6 Å². The first-order valence-corrected chi connectivity index (χ1v) is 8.59. The van der Waals surface area contributed by atoms with Crippen molar-refractivity contribution in [3.63, 3.8) is 0 Å². The van der Waals surface area contributed by atoms with Crippen LogP contribution in [0.2, 0.25) is 0 Å². The van der Waals surface area contributed by atoms with Crippen LogP contribution >= 0.6 is 11.3 Å². The Balaban J connectivity index is 1.67. The van der Waals surface area contributed by atoms with Crippen LogP contribution in [0.3, 0.4) is 0 Å². The lowest BCUT2D eigenvalue weighted by Crippen LogP contribution is -2.35. The molecule has 1 aromatic carbocycles. The highest BCUT2D eigenvalue weighted by molar-refractivity contribution is 7.13. The summed E-state index contributed by atoms with van der Waals surface area (Å²) in [6, 6.07) is 11.1. The van der Waals surface area contributed by atoms with Crippen molar-refractivity contribution < 1.29 is 9.32 Å². The SMILES string of the molecule is CCC(C)NC(=O)Nc1ccc(-c2noc(-c3cccs3)n2)cc1. The van der Waals surface area contributed by atoms with Crippen LogP contribution in [0, 0.1) is 0 Å². The first-order valence-electron chi connectivity index (χ1n) is 7.71. The molecule has 0 fully saturated rings. The second-order valence-corrected chi connectivity index (χ2v) is 6.33. The molecule has 0 aliphatic rings. The highest BCUT2D eigenvalue weighted by Gasteiger charge is 2.11. The highest BCUT2D eigenvalue weighted by atomic mass is 32.1. The minimum absolute atomic E-state index is 0.138. The molecule has 0 spiro atoms. The van der Waals surface area contributed by atoms with Crippen LogP contribution in [-0.4, -0.2) is 22.2 Å². The predicted octanol–water partition coefficient (Wildman–Crippen LogP) is 4.39. The van der Waals surface area contributed by atoms with Gasteiger partial charge in [-0.3, -0.25) is 0 Å². The van der Waals surface area contributed by atoms with Gasteiger partial charge in [0.25, 0.3) is 5.89 Å². The number of benzene rings is 1. The smallest absolute Gasteiger partial charge is 0.319 e. The number of amides is 2. The van der Waals surface area contributed by atoms with E-state index >= 15 is 0 Å². The molecule has 2 heterocycles. The number of thiophene rings is 1. The molecule has 1 unspecified atom stereocenters. The van der Waals surface area contributed by atoms with Gasteiger partial charge >= 0.3 is 6.03 Å². The van der Waals surface area contributed by atoms with Crippen LogP contribution in [0.25, 0.3) is 22.2 Å². The summed E-state index contributed by atoms with van der Waals surface area (Å²) in [5.74, 6) is 1.03. The van der Waals surface area contributed by atoms with Crippen molar-refractivity contribution >= 4 is 23.1 Å². The van der Waals surface area contributed by atoms with E-state index in [1.807, 2.05) is 55.6 Å². The number of hydrogen-bond acceptors (Lipinski definition) is 5. The maximum absolute atomic E-state index is 11.8. The minimum atomic E-state index is -0.211. The number of anilines is 1. The number of nitrogens with one attached hydrogen (secondary N) is 2. The van der Waals surface area contributed by atoms with Gasteiger partial charge in [-0.05, 0) is 49.1 Å². The van der Waals surface area contributed by atoms with Gasteiger partial charge in [0.2, 0.25) is 5.82 Å². The van der Waals surface area contributed by atoms with E-state index in [1.54, 1.807) is 11.3 Å². The van der Waals surface area contributed by atoms with E-state index in [4.69, 9.17) is 4.52 Å². The molecule has 7 heteroatoms. The Morgan fingerprint density at radius 1 is 1.29 bits per heavy atom. The van der Waals surface area contributed by atoms with Crippen molar-refractivity contribution in [1.29, 1.82) is 0 Å². The van der Waals surface area contributed by atoms with Gasteiger partial charge in [0, 0.05) is 17.3 Å². The Labute approximate surface area is 143 Å². The van der Waals surface area contributed by atoms with Gasteiger partial charge in [0.15, 0.2) is 0 Å². The summed E-state index contributed by atoms with van der Waals surface area (Å²) in [4.78, 5) is 17.1. The van der Waals surface area contributed by atoms with Gasteiger partial charge in [-0.1, -0.05) is 18.1 Å². The second kappa shape index (κ2) is 7.27. The van der Waals surface area contributed by atoms with Gasteiger partial charge in [0.1, 0.15) is 0 Å². The standard InChI is InChI=1S/C17H18N4O2S/c1-3-11(2)18-17(22)19-13-8-6-12(7-9-13)15-20-16(23-21-15)14-5-4-10-24-14/h4-11H,3H2,1-2H3,(H2,18,19,22). The van der Waals surface area contributed by atoms with E-state index in [0.29, 0.717) is 17.4 Å². The number of rotatable bonds is 5. The third-order valence-electron chi connectivity index (χ3n) is 3.55. The number of hydrogen-bond donors (Lipinski definition) is 2. The molecule has 0 aliphatic heterocycles. The zero-order valence-electron chi connectivity index (χ0n) is 13.4. The topological polar surface area (TPSA) is 80.0 Å². The molecule has 0 saturated carbocycles. The fourth-order valence-electron chi connectivity index (χ4n) is 2.04. The monoisotopic (exact) mass is 342 g/mol. The van der Waals surface area contributed by atoms with E-state index in [9.17, 15) is 4.79 Å². The lowest BCUT2D eigenvalue weighted by molar-refractivity contribution is 0.249. The van der Waals surface area contributed by atoms with Crippen molar-refractivity contribution in [3.05, 3.63) is 41.8 Å². The number of carbonyl (C=O) groups excluding carboxylic acids is 1. The summed E-state index contributed by atoms with van der Waals surface area (Å²) in [6.07, 6.45) is 0.886. The van der Waals surface area contributed by atoms with Crippen molar-refractivity contribution in [2.24, 2.45) is 0 Å². The second-order valence-electron chi connectivity index (χ2n) is 5.39. The molecule has 1 atom stereocenters. The fraction of sp³-hybridized carbons (Fsp3) is 0.235. The van der Waals surface area contributed by atoms with E-state index in [0.717, 1.165) is 16.9 Å². The molecule has 2 aromatic heterocycles. The maximum Gasteiger partial charge on any atom is 0.319 e. The molecule has 2 amide bonds. The number of nitrogens with zero attached hydrogens (tertiary/aromatic N) is 2. The van der Waals surface area contributed by atoms with E-state index in [-0.39, 0.29) is 12.1 Å². The molecular formula is C17H18N4O2S. The van der Waals surface area contributed by atoms with E-state index in [2.05, 4.69) is 20.8 Å². The minimum Gasteiger partial charge on any atom is -0.335 e. The van der Waals surface area contributed by atoms with Crippen molar-refractivity contribution in [2.45, 2.75) is 26.3 Å². The predicted molar refractivity (Wildman–Crippen MR) is 95.0 cm³/mol. The summed E-state index contributed by atoms with van der Waals surface area (Å²) < 4.78 is 5.28. The molecular weight excluding hydrogens is 324 g/mol. The van der Waals surface area contributed by atoms with Gasteiger partial charge < -0.3 is 15.2 Å². The van der Waals surface area contributed by atoms with Crippen LogP contribution in [0.15, 0.2) is 46.3 Å². The van der Waals surface area contributed by atoms with Crippen LogP contribution in [0.5, 0.6) is 0 Å². The van der Waals surface area contributed by atoms with Crippen molar-refractivity contribution in [2.75, 3.05) is 5.32 Å². The first kappa shape index (κ1) is 16.2. The van der Waals surface area contributed by atoms with Crippen LogP contribution in [0.4, 0.5) is 10.5 Å². The average Bonchev–Trinajstić information content (AvgIpc) is 3.26. The van der Waals surface area contributed by atoms with Crippen molar-refractivity contribution in [3.8, 4) is 22.2 Å². The molecule has 0 bridgehead atoms. The third-order valence-corrected chi connectivity index (χ3v) is 4.41. The maximum atomic E-state index is 11.8. The first-order chi connectivity index (χ1) is 11.7. The molecule has 124 valence electrons. The van der Waals surface area contributed by atoms with Crippen molar-refractivity contribution in [1.82, 2.24) is 15.5 Å². The van der Waals surface area contributed by atoms with Crippen LogP contribution in [-0.2, 0) is 0 Å². The summed E-state index contributed by atoms with van der Waals surface area (Å²) in [5, 5.41) is 11.6. The van der Waals surface area contributed by atoms with Gasteiger partial charge in [-0.25, -0.2) is 4.79 Å². The normalized spacial score (nSPS) is 11.9. The molecule has 3 rings (SSSR count). The molecule has 6 nitrogen and oxygen atoms in total. The summed E-state index contributed by atoms with van der Waals surface area (Å²) >= 11 is 1.55. The molecule has 24 heavy (non-hydrogen) atoms. The molecule has 0 radical (unpaired) electrons. The Hall–Kier alpha value is -2.67. The number of carbonyl (C=O) groups is 1. The molecule has 3 aromatic rings. The molecule has 0 saturated heterocycles. The van der Waals surface area contributed by atoms with Gasteiger partial charge in [0.05, 0.1) is 4.88 Å². The van der Waals surface area contributed by atoms with Crippen LogP contribution in [0.1, 0.15) is 20.3 Å². The summed E-state index contributed by atoms with van der Waals surface area (Å²) in [7, 11) is 0. The zero-order chi connectivity index (χ0) is 16.9. The van der Waals surface area contributed by atoms with Gasteiger partial charge in [-0.2, -0.15) is 4.98 Å². The fourth-order valence-corrected chi connectivity index (χ4v) is 2.68. The molecule has 2 N–H and O–H groups in total. The Morgan fingerprint density at radius 3 is 2.75 bits per heavy atom. The number of urea groups is 1. The number of aromatic nitrogens is 2. The van der Waals surface area contributed by atoms with Gasteiger partial charge in [-0.15, -0.1) is 11.3 Å². The zero-order valence-corrected chi connectivity index (χ0v) is 14.3. The molecule has 0 aliphatic carbocycles. The lowest BCUT2D eigenvalue weighted by Gasteiger charge is -2.12. The average molecular weight is 342 g/mol. The Bertz CT molecular complexity index is 796. The third kappa shape index (κ3) is 3.80. The Morgan fingerprint density at radius 2 is 2.08 bits per heavy atom. The van der Waals surface area contributed by atoms with E-state index in [1.165, 1.54) is 0 Å². The summed E-state index contributed by atoms with van der Waals surface area (Å²) in [5.41, 5.74) is 1.54. The quantitative estimate of drug-likeness (QED) is 0.721.